The van der Waals surface area contributed by atoms with E-state index in [1.54, 1.807) is 11.9 Å². The van der Waals surface area contributed by atoms with Gasteiger partial charge in [0, 0.05) is 20.1 Å². The predicted molar refractivity (Wildman–Crippen MR) is 57.4 cm³/mol. The van der Waals surface area contributed by atoms with E-state index in [-0.39, 0.29) is 4.87 Å². The minimum absolute atomic E-state index is 0.0768. The summed E-state index contributed by atoms with van der Waals surface area (Å²) in [5.74, 6) is 0. The Bertz CT molecular complexity index is 442. The summed E-state index contributed by atoms with van der Waals surface area (Å²) in [7, 11) is 3.06. The summed E-state index contributed by atoms with van der Waals surface area (Å²) in [6.07, 6.45) is 0.00574. The number of thiazole rings is 1. The molecule has 2 heterocycles. The average Bonchev–Trinajstić information content (AvgIpc) is 2.46. The molecule has 0 saturated heterocycles. The molecule has 0 fully saturated rings. The summed E-state index contributed by atoms with van der Waals surface area (Å²) < 4.78 is 1.52. The molecule has 0 saturated carbocycles. The van der Waals surface area contributed by atoms with Crippen molar-refractivity contribution in [3.05, 3.63) is 20.2 Å². The van der Waals surface area contributed by atoms with Crippen molar-refractivity contribution in [2.75, 3.05) is 6.54 Å². The van der Waals surface area contributed by atoms with Gasteiger partial charge in [-0.15, -0.1) is 0 Å². The highest BCUT2D eigenvalue weighted by molar-refractivity contribution is 7.09. The largest absolute Gasteiger partial charge is 0.386 e. The molecule has 1 aromatic heterocycles. The van der Waals surface area contributed by atoms with Crippen molar-refractivity contribution in [3.8, 4) is 0 Å². The first-order chi connectivity index (χ1) is 7.13. The summed E-state index contributed by atoms with van der Waals surface area (Å²) in [4.78, 5) is 24.1. The number of aliphatic hydroxyl groups excluding tert-OH is 1. The van der Waals surface area contributed by atoms with Crippen LogP contribution in [0.3, 0.4) is 0 Å². The Morgan fingerprint density at radius 1 is 1.67 bits per heavy atom. The Kier molecular flexibility index (Phi) is 2.77. The minimum atomic E-state index is -0.677. The van der Waals surface area contributed by atoms with E-state index in [9.17, 15) is 14.7 Å². The first kappa shape index (κ1) is 10.6. The van der Waals surface area contributed by atoms with Crippen molar-refractivity contribution in [1.29, 1.82) is 0 Å². The molecule has 1 aliphatic rings. The Morgan fingerprint density at radius 3 is 3.07 bits per heavy atom. The van der Waals surface area contributed by atoms with Gasteiger partial charge < -0.3 is 19.3 Å². The lowest BCUT2D eigenvalue weighted by atomic mass is 9.91. The van der Waals surface area contributed by atoms with E-state index in [1.807, 2.05) is 0 Å². The lowest BCUT2D eigenvalue weighted by Gasteiger charge is -2.28. The van der Waals surface area contributed by atoms with Gasteiger partial charge in [-0.2, -0.15) is 0 Å². The summed E-state index contributed by atoms with van der Waals surface area (Å²) in [6, 6.07) is 0. The van der Waals surface area contributed by atoms with Crippen LogP contribution in [-0.2, 0) is 18.4 Å². The molecule has 15 heavy (non-hydrogen) atoms. The fourth-order valence-corrected chi connectivity index (χ4v) is 2.67. The topological polar surface area (TPSA) is 62.5 Å². The number of β-amino-alcohol motifs (C(OH)–C–C–N with tert-alkyl or cyclic N) is 1. The summed E-state index contributed by atoms with van der Waals surface area (Å²) in [5, 5.41) is 9.78. The van der Waals surface area contributed by atoms with Crippen LogP contribution in [0, 0.1) is 0 Å². The summed E-state index contributed by atoms with van der Waals surface area (Å²) in [6.45, 7) is 0.867. The van der Waals surface area contributed by atoms with Gasteiger partial charge in [-0.3, -0.25) is 4.79 Å². The number of nitrogens with zero attached hydrogens (tertiary/aromatic N) is 2. The second-order valence-electron chi connectivity index (χ2n) is 3.47. The van der Waals surface area contributed by atoms with Crippen molar-refractivity contribution in [1.82, 2.24) is 9.38 Å². The van der Waals surface area contributed by atoms with Crippen LogP contribution in [-0.4, -0.2) is 34.6 Å². The molecule has 0 bridgehead atoms. The van der Waals surface area contributed by atoms with Crippen LogP contribution in [0.15, 0.2) is 4.79 Å². The number of hydrogen-bond acceptors (Lipinski definition) is 5. The summed E-state index contributed by atoms with van der Waals surface area (Å²) >= 11 is 1.07. The molecule has 79 valence electrons. The highest BCUT2D eigenvalue weighted by Gasteiger charge is 2.28. The zero-order valence-electron chi connectivity index (χ0n) is 8.21. The fourth-order valence-electron chi connectivity index (χ4n) is 1.70. The molecular weight excluding hydrogens is 215 g/mol. The van der Waals surface area contributed by atoms with Gasteiger partial charge in [-0.1, -0.05) is 11.3 Å². The van der Waals surface area contributed by atoms with Gasteiger partial charge in [0.1, 0.15) is 6.10 Å². The highest BCUT2D eigenvalue weighted by atomic mass is 32.1. The van der Waals surface area contributed by atoms with Crippen LogP contribution < -0.4 is 4.87 Å². The molecule has 1 radical (unpaired) electrons. The summed E-state index contributed by atoms with van der Waals surface area (Å²) in [5.41, 5.74) is 0.793. The third kappa shape index (κ3) is 1.78. The standard InChI is InChI=1S/C8H10BN2O3S/c1-10-5-2-11(9-4-12)3-6(13)7(5)15-8(10)14/h4,6,13H,2-3H2,1H3. The molecule has 0 spiro atoms. The van der Waals surface area contributed by atoms with E-state index in [2.05, 4.69) is 0 Å². The zero-order valence-corrected chi connectivity index (χ0v) is 9.03. The quantitative estimate of drug-likeness (QED) is 0.523. The third-order valence-electron chi connectivity index (χ3n) is 2.50. The number of carbonyl (C=O) groups is 1. The lowest BCUT2D eigenvalue weighted by molar-refractivity contribution is 0.134. The molecule has 0 amide bonds. The second kappa shape index (κ2) is 3.92. The van der Waals surface area contributed by atoms with E-state index in [1.165, 1.54) is 12.0 Å². The molecule has 1 aromatic rings. The van der Waals surface area contributed by atoms with Crippen molar-refractivity contribution in [2.45, 2.75) is 12.6 Å². The lowest BCUT2D eigenvalue weighted by Crippen LogP contribution is -2.37. The van der Waals surface area contributed by atoms with Gasteiger partial charge in [0.25, 0.3) is 7.41 Å². The van der Waals surface area contributed by atoms with Crippen molar-refractivity contribution in [2.24, 2.45) is 7.05 Å². The second-order valence-corrected chi connectivity index (χ2v) is 4.46. The minimum Gasteiger partial charge on any atom is -0.386 e. The number of aliphatic hydroxyl groups is 1. The van der Waals surface area contributed by atoms with E-state index in [4.69, 9.17) is 0 Å². The Hall–Kier alpha value is -0.915. The predicted octanol–water partition coefficient (Wildman–Crippen LogP) is -0.895. The Morgan fingerprint density at radius 2 is 2.40 bits per heavy atom. The molecule has 0 aromatic carbocycles. The van der Waals surface area contributed by atoms with Crippen molar-refractivity contribution in [3.63, 3.8) is 0 Å². The first-order valence-electron chi connectivity index (χ1n) is 4.53. The Labute approximate surface area is 91.2 Å². The number of fused-ring (bicyclic) bond motifs is 1. The van der Waals surface area contributed by atoms with Gasteiger partial charge in [-0.25, -0.2) is 0 Å². The maximum absolute atomic E-state index is 11.4. The molecule has 1 unspecified atom stereocenters. The third-order valence-corrected chi connectivity index (χ3v) is 3.67. The smallest absolute Gasteiger partial charge is 0.307 e. The molecule has 5 nitrogen and oxygen atoms in total. The van der Waals surface area contributed by atoms with Gasteiger partial charge in [0.15, 0.2) is 0 Å². The normalized spacial score (nSPS) is 21.1. The number of rotatable bonds is 2. The van der Waals surface area contributed by atoms with Crippen LogP contribution in [0.5, 0.6) is 0 Å². The molecule has 1 atom stereocenters. The van der Waals surface area contributed by atoms with Crippen LogP contribution >= 0.6 is 11.3 Å². The van der Waals surface area contributed by atoms with Gasteiger partial charge in [-0.05, 0) is 0 Å². The molecule has 2 rings (SSSR count). The van der Waals surface area contributed by atoms with Crippen LogP contribution in [0.25, 0.3) is 0 Å². The van der Waals surface area contributed by atoms with Crippen molar-refractivity contribution >= 4 is 24.9 Å². The monoisotopic (exact) mass is 225 g/mol. The van der Waals surface area contributed by atoms with E-state index in [0.717, 1.165) is 21.9 Å². The SMILES string of the molecule is Cn1c2c(sc1=O)C(O)CN([B]C=O)C2. The van der Waals surface area contributed by atoms with Crippen LogP contribution in [0.1, 0.15) is 16.7 Å². The van der Waals surface area contributed by atoms with Crippen LogP contribution in [0.4, 0.5) is 0 Å². The molecule has 1 N–H and O–H groups in total. The molecule has 1 aliphatic heterocycles. The van der Waals surface area contributed by atoms with Crippen LogP contribution in [0.2, 0.25) is 0 Å². The number of hydrogen-bond donors (Lipinski definition) is 1. The number of carbonyl (C=O) groups excluding carboxylic acids is 1. The van der Waals surface area contributed by atoms with Gasteiger partial charge in [0.05, 0.1) is 16.8 Å². The Balaban J connectivity index is 2.37. The van der Waals surface area contributed by atoms with E-state index >= 15 is 0 Å². The first-order valence-corrected chi connectivity index (χ1v) is 5.34. The van der Waals surface area contributed by atoms with Crippen molar-refractivity contribution < 1.29 is 9.90 Å². The zero-order chi connectivity index (χ0) is 11.0. The van der Waals surface area contributed by atoms with Gasteiger partial charge in [0.2, 0.25) is 0 Å². The molecular formula is C8H10BN2O3S. The molecule has 0 aliphatic carbocycles. The number of aromatic nitrogens is 1. The average molecular weight is 225 g/mol. The highest BCUT2D eigenvalue weighted by Crippen LogP contribution is 2.27. The van der Waals surface area contributed by atoms with E-state index < -0.39 is 6.10 Å². The maximum atomic E-state index is 11.4. The fraction of sp³-hybridized carbons (Fsp3) is 0.500. The van der Waals surface area contributed by atoms with Gasteiger partial charge >= 0.3 is 4.87 Å². The maximum Gasteiger partial charge on any atom is 0.307 e. The van der Waals surface area contributed by atoms with E-state index in [0.29, 0.717) is 19.3 Å². The molecule has 7 heteroatoms.